The molecule has 0 aromatic heterocycles. The summed E-state index contributed by atoms with van der Waals surface area (Å²) in [6, 6.07) is 13.9. The summed E-state index contributed by atoms with van der Waals surface area (Å²) in [7, 11) is 0. The number of hydrogen-bond acceptors (Lipinski definition) is 4. The van der Waals surface area contributed by atoms with Crippen molar-refractivity contribution >= 4 is 35.5 Å². The van der Waals surface area contributed by atoms with E-state index in [0.717, 1.165) is 11.8 Å². The van der Waals surface area contributed by atoms with Gasteiger partial charge < -0.3 is 9.84 Å². The largest absolute Gasteiger partial charge is 0.462 e. The van der Waals surface area contributed by atoms with Crippen LogP contribution in [-0.4, -0.2) is 24.0 Å². The topological polar surface area (TPSA) is 63.6 Å². The van der Waals surface area contributed by atoms with Crippen molar-refractivity contribution in [2.75, 3.05) is 6.61 Å². The maximum absolute atomic E-state index is 10.1. The molecule has 0 aliphatic heterocycles. The summed E-state index contributed by atoms with van der Waals surface area (Å²) in [4.78, 5) is 20.0. The Labute approximate surface area is 176 Å². The quantitative estimate of drug-likeness (QED) is 0.360. The van der Waals surface area contributed by atoms with Crippen molar-refractivity contribution in [1.82, 2.24) is 0 Å². The predicted molar refractivity (Wildman–Crippen MR) is 115 cm³/mol. The zero-order chi connectivity index (χ0) is 21.4. The van der Waals surface area contributed by atoms with E-state index in [9.17, 15) is 14.7 Å². The van der Waals surface area contributed by atoms with E-state index >= 15 is 0 Å². The Balaban J connectivity index is 0.000000408. The van der Waals surface area contributed by atoms with Crippen LogP contribution >= 0.6 is 23.2 Å². The number of benzene rings is 2. The van der Waals surface area contributed by atoms with Crippen molar-refractivity contribution in [3.8, 4) is 0 Å². The van der Waals surface area contributed by atoms with Gasteiger partial charge in [0.15, 0.2) is 0 Å². The average molecular weight is 423 g/mol. The third kappa shape index (κ3) is 12.9. The number of carbonyl (C=O) groups is 2. The van der Waals surface area contributed by atoms with E-state index in [1.165, 1.54) is 13.0 Å². The first kappa shape index (κ1) is 25.6. The fourth-order valence-corrected chi connectivity index (χ4v) is 1.95. The lowest BCUT2D eigenvalue weighted by molar-refractivity contribution is -0.139. The number of carbonyl (C=O) groups excluding carboxylic acids is 2. The van der Waals surface area contributed by atoms with E-state index in [1.807, 2.05) is 12.1 Å². The highest BCUT2D eigenvalue weighted by Crippen LogP contribution is 2.18. The van der Waals surface area contributed by atoms with Crippen molar-refractivity contribution in [2.24, 2.45) is 0 Å². The second-order valence-corrected chi connectivity index (χ2v) is 6.23. The summed E-state index contributed by atoms with van der Waals surface area (Å²) in [6.07, 6.45) is 4.12. The van der Waals surface area contributed by atoms with E-state index in [-0.39, 0.29) is 5.97 Å². The Morgan fingerprint density at radius 1 is 1.04 bits per heavy atom. The van der Waals surface area contributed by atoms with Gasteiger partial charge in [0, 0.05) is 22.5 Å². The number of aliphatic hydroxyl groups is 1. The van der Waals surface area contributed by atoms with Crippen molar-refractivity contribution in [2.45, 2.75) is 19.4 Å². The molecule has 0 saturated heterocycles. The summed E-state index contributed by atoms with van der Waals surface area (Å²) < 4.78 is 4.43. The van der Waals surface area contributed by atoms with Gasteiger partial charge in [-0.1, -0.05) is 66.2 Å². The number of aldehydes is 1. The van der Waals surface area contributed by atoms with Crippen molar-refractivity contribution < 1.29 is 19.4 Å². The molecule has 150 valence electrons. The third-order valence-electron chi connectivity index (χ3n) is 3.06. The van der Waals surface area contributed by atoms with Crippen LogP contribution in [0.25, 0.3) is 0 Å². The molecule has 0 fully saturated rings. The van der Waals surface area contributed by atoms with Crippen LogP contribution < -0.4 is 0 Å². The molecule has 0 saturated carbocycles. The van der Waals surface area contributed by atoms with E-state index < -0.39 is 6.10 Å². The Morgan fingerprint density at radius 2 is 1.54 bits per heavy atom. The lowest BCUT2D eigenvalue weighted by atomic mass is 10.1. The van der Waals surface area contributed by atoms with Crippen LogP contribution in [0.1, 0.15) is 35.4 Å². The van der Waals surface area contributed by atoms with E-state index in [4.69, 9.17) is 23.2 Å². The predicted octanol–water partition coefficient (Wildman–Crippen LogP) is 5.84. The SMILES string of the molecule is C=CCOC(C)=O.C=CC[C@@H](O)c1ccc(Cl)cc1.O=Cc1ccc(Cl)cc1. The maximum atomic E-state index is 10.1. The first-order valence-corrected chi connectivity index (χ1v) is 9.09. The molecule has 0 aliphatic rings. The summed E-state index contributed by atoms with van der Waals surface area (Å²) >= 11 is 11.2. The number of rotatable bonds is 6. The van der Waals surface area contributed by atoms with E-state index in [1.54, 1.807) is 42.5 Å². The molecule has 0 radical (unpaired) electrons. The summed E-state index contributed by atoms with van der Waals surface area (Å²) in [5.41, 5.74) is 1.53. The minimum atomic E-state index is -0.459. The first-order valence-electron chi connectivity index (χ1n) is 8.33. The standard InChI is InChI=1S/C10H11ClO.C7H5ClO.C5H8O2/c1-2-3-10(12)8-4-6-9(11)7-5-8;8-7-3-1-6(5-9)2-4-7;1-3-4-7-5(2)6/h2,4-7,10,12H,1,3H2;1-5H;3H,1,4H2,2H3/t10-;;/m1../s1. The van der Waals surface area contributed by atoms with Crippen LogP contribution in [0.15, 0.2) is 73.8 Å². The van der Waals surface area contributed by atoms with Gasteiger partial charge in [0.1, 0.15) is 12.9 Å². The summed E-state index contributed by atoms with van der Waals surface area (Å²) in [5, 5.41) is 10.8. The van der Waals surface area contributed by atoms with Gasteiger partial charge in [-0.25, -0.2) is 0 Å². The van der Waals surface area contributed by atoms with Crippen LogP contribution in [0.3, 0.4) is 0 Å². The van der Waals surface area contributed by atoms with Crippen molar-refractivity contribution in [1.29, 1.82) is 0 Å². The zero-order valence-electron chi connectivity index (χ0n) is 15.7. The van der Waals surface area contributed by atoms with Crippen molar-refractivity contribution in [3.05, 3.63) is 95.0 Å². The molecule has 0 amide bonds. The molecule has 2 aromatic rings. The van der Waals surface area contributed by atoms with Crippen LogP contribution in [0.5, 0.6) is 0 Å². The fourth-order valence-electron chi connectivity index (χ4n) is 1.70. The first-order chi connectivity index (χ1) is 13.3. The summed E-state index contributed by atoms with van der Waals surface area (Å²) in [5.74, 6) is -0.264. The minimum Gasteiger partial charge on any atom is -0.462 e. The van der Waals surface area contributed by atoms with Crippen LogP contribution in [-0.2, 0) is 9.53 Å². The van der Waals surface area contributed by atoms with Gasteiger partial charge in [0.2, 0.25) is 0 Å². The van der Waals surface area contributed by atoms with Crippen LogP contribution in [0.4, 0.5) is 0 Å². The van der Waals surface area contributed by atoms with Gasteiger partial charge in [-0.3, -0.25) is 9.59 Å². The minimum absolute atomic E-state index is 0.264. The molecular weight excluding hydrogens is 399 g/mol. The molecular formula is C22H24Cl2O4. The Hall–Kier alpha value is -2.40. The highest BCUT2D eigenvalue weighted by atomic mass is 35.5. The molecule has 4 nitrogen and oxygen atoms in total. The van der Waals surface area contributed by atoms with Crippen molar-refractivity contribution in [3.63, 3.8) is 0 Å². The molecule has 0 unspecified atom stereocenters. The maximum Gasteiger partial charge on any atom is 0.302 e. The molecule has 1 N–H and O–H groups in total. The molecule has 6 heteroatoms. The number of ether oxygens (including phenoxy) is 1. The van der Waals surface area contributed by atoms with Gasteiger partial charge in [-0.05, 0) is 36.2 Å². The molecule has 28 heavy (non-hydrogen) atoms. The van der Waals surface area contributed by atoms with Gasteiger partial charge >= 0.3 is 5.97 Å². The average Bonchev–Trinajstić information content (AvgIpc) is 2.68. The normalized spacial score (nSPS) is 10.1. The summed E-state index contributed by atoms with van der Waals surface area (Å²) in [6.45, 7) is 8.59. The monoisotopic (exact) mass is 422 g/mol. The van der Waals surface area contributed by atoms with Gasteiger partial charge in [-0.15, -0.1) is 6.58 Å². The zero-order valence-corrected chi connectivity index (χ0v) is 17.2. The second-order valence-electron chi connectivity index (χ2n) is 5.35. The molecule has 0 heterocycles. The third-order valence-corrected chi connectivity index (χ3v) is 3.56. The molecule has 0 aliphatic carbocycles. The lowest BCUT2D eigenvalue weighted by Gasteiger charge is -2.07. The van der Waals surface area contributed by atoms with Crippen LogP contribution in [0, 0.1) is 0 Å². The van der Waals surface area contributed by atoms with Gasteiger partial charge in [-0.2, -0.15) is 0 Å². The van der Waals surface area contributed by atoms with E-state index in [2.05, 4.69) is 17.9 Å². The molecule has 0 spiro atoms. The molecule has 0 bridgehead atoms. The Bertz CT molecular complexity index is 725. The Morgan fingerprint density at radius 3 is 1.89 bits per heavy atom. The van der Waals surface area contributed by atoms with Crippen LogP contribution in [0.2, 0.25) is 10.0 Å². The number of esters is 1. The molecule has 2 rings (SSSR count). The smallest absolute Gasteiger partial charge is 0.302 e. The Kier molecular flexibility index (Phi) is 14.3. The molecule has 1 atom stereocenters. The van der Waals surface area contributed by atoms with Gasteiger partial charge in [0.05, 0.1) is 6.10 Å². The van der Waals surface area contributed by atoms with Gasteiger partial charge in [0.25, 0.3) is 0 Å². The molecule has 2 aromatic carbocycles. The highest BCUT2D eigenvalue weighted by Gasteiger charge is 2.03. The van der Waals surface area contributed by atoms with E-state index in [0.29, 0.717) is 28.6 Å². The second kappa shape index (κ2) is 15.6. The number of aliphatic hydroxyl groups excluding tert-OH is 1. The number of hydrogen-bond donors (Lipinski definition) is 1. The number of halogens is 2. The fraction of sp³-hybridized carbons (Fsp3) is 0.182. The lowest BCUT2D eigenvalue weighted by Crippen LogP contribution is -1.96. The highest BCUT2D eigenvalue weighted by molar-refractivity contribution is 6.30.